The molecule has 0 saturated heterocycles. The summed E-state index contributed by atoms with van der Waals surface area (Å²) in [6.07, 6.45) is 8.91. The van der Waals surface area contributed by atoms with Gasteiger partial charge in [0.05, 0.1) is 13.2 Å². The minimum absolute atomic E-state index is 0.140. The van der Waals surface area contributed by atoms with Gasteiger partial charge >= 0.3 is 0 Å². The zero-order valence-electron chi connectivity index (χ0n) is 23.5. The quantitative estimate of drug-likeness (QED) is 0.249. The fourth-order valence-electron chi connectivity index (χ4n) is 5.91. The number of nitrogens with zero attached hydrogens (tertiary/aromatic N) is 6. The molecule has 41 heavy (non-hydrogen) atoms. The molecular weight excluding hydrogens is 514 g/mol. The van der Waals surface area contributed by atoms with Gasteiger partial charge in [-0.2, -0.15) is 0 Å². The van der Waals surface area contributed by atoms with Crippen LogP contribution in [0.5, 0.6) is 5.75 Å². The molecular formula is C32H35N7O2. The lowest BCUT2D eigenvalue weighted by Crippen LogP contribution is -2.35. The molecule has 6 rings (SSSR count). The van der Waals surface area contributed by atoms with E-state index in [2.05, 4.69) is 67.6 Å². The van der Waals surface area contributed by atoms with Crippen LogP contribution in [0.4, 0.5) is 0 Å². The predicted molar refractivity (Wildman–Crippen MR) is 158 cm³/mol. The predicted octanol–water partition coefficient (Wildman–Crippen LogP) is 5.39. The lowest BCUT2D eigenvalue weighted by Gasteiger charge is -2.32. The lowest BCUT2D eigenvalue weighted by atomic mass is 10.00. The van der Waals surface area contributed by atoms with Crippen molar-refractivity contribution in [3.05, 3.63) is 111 Å². The van der Waals surface area contributed by atoms with Crippen LogP contribution in [0.1, 0.15) is 72.8 Å². The average Bonchev–Trinajstić information content (AvgIpc) is 3.71. The molecule has 0 unspecified atom stereocenters. The van der Waals surface area contributed by atoms with Crippen LogP contribution >= 0.6 is 0 Å². The summed E-state index contributed by atoms with van der Waals surface area (Å²) in [5, 5.41) is 14.2. The van der Waals surface area contributed by atoms with Crippen molar-refractivity contribution in [2.75, 3.05) is 7.11 Å². The molecule has 3 heterocycles. The number of H-pyrrole nitrogens is 1. The standard InChI is InChI=1S/C32H35N7O2/c1-3-22-12-15-29-25(17-22)18-28(32(40)34-29)30(31-35-36-37-39(31)26-8-4-5-9-26)38(21-24-7-6-16-33-19-24)20-23-10-13-27(41-2)14-11-23/h6-7,10-19,26,30H,3-5,8-9,20-21H2,1-2H3,(H,34,40)/t30-/m1/s1. The van der Waals surface area contributed by atoms with Gasteiger partial charge in [-0.3, -0.25) is 14.7 Å². The summed E-state index contributed by atoms with van der Waals surface area (Å²) in [5.41, 5.74) is 4.64. The second-order valence-corrected chi connectivity index (χ2v) is 10.8. The summed E-state index contributed by atoms with van der Waals surface area (Å²) in [6, 6.07) is 20.0. The molecule has 9 nitrogen and oxygen atoms in total. The van der Waals surface area contributed by atoms with E-state index in [0.29, 0.717) is 24.5 Å². The van der Waals surface area contributed by atoms with Crippen molar-refractivity contribution in [3.63, 3.8) is 0 Å². The molecule has 1 fully saturated rings. The fraction of sp³-hybridized carbons (Fsp3) is 0.344. The number of aromatic nitrogens is 6. The largest absolute Gasteiger partial charge is 0.497 e. The number of fused-ring (bicyclic) bond motifs is 1. The Kier molecular flexibility index (Phi) is 7.86. The van der Waals surface area contributed by atoms with Crippen LogP contribution in [-0.2, 0) is 19.5 Å². The van der Waals surface area contributed by atoms with Gasteiger partial charge in [0.25, 0.3) is 5.56 Å². The van der Waals surface area contributed by atoms with Gasteiger partial charge in [0, 0.05) is 36.6 Å². The molecule has 2 aromatic carbocycles. The van der Waals surface area contributed by atoms with Crippen LogP contribution in [0.15, 0.2) is 77.9 Å². The van der Waals surface area contributed by atoms with Crippen molar-refractivity contribution in [3.8, 4) is 5.75 Å². The van der Waals surface area contributed by atoms with Crippen molar-refractivity contribution in [2.24, 2.45) is 0 Å². The first-order valence-electron chi connectivity index (χ1n) is 14.3. The van der Waals surface area contributed by atoms with E-state index in [4.69, 9.17) is 4.74 Å². The number of rotatable bonds is 10. The number of pyridine rings is 2. The number of hydrogen-bond acceptors (Lipinski definition) is 7. The van der Waals surface area contributed by atoms with E-state index >= 15 is 0 Å². The van der Waals surface area contributed by atoms with E-state index in [1.54, 1.807) is 13.3 Å². The molecule has 1 saturated carbocycles. The van der Waals surface area contributed by atoms with Crippen molar-refractivity contribution in [1.29, 1.82) is 0 Å². The zero-order chi connectivity index (χ0) is 28.2. The number of tetrazole rings is 1. The van der Waals surface area contributed by atoms with Gasteiger partial charge in [-0.15, -0.1) is 5.10 Å². The minimum Gasteiger partial charge on any atom is -0.497 e. The van der Waals surface area contributed by atoms with Crippen LogP contribution in [0.3, 0.4) is 0 Å². The second-order valence-electron chi connectivity index (χ2n) is 10.8. The fourth-order valence-corrected chi connectivity index (χ4v) is 5.91. The third kappa shape index (κ3) is 5.76. The Balaban J connectivity index is 1.52. The van der Waals surface area contributed by atoms with Gasteiger partial charge in [0.15, 0.2) is 5.82 Å². The van der Waals surface area contributed by atoms with Gasteiger partial charge in [-0.1, -0.05) is 44.0 Å². The minimum atomic E-state index is -0.494. The van der Waals surface area contributed by atoms with Gasteiger partial charge in [-0.05, 0) is 88.2 Å². The highest BCUT2D eigenvalue weighted by atomic mass is 16.5. The lowest BCUT2D eigenvalue weighted by molar-refractivity contribution is 0.190. The highest BCUT2D eigenvalue weighted by Gasteiger charge is 2.33. The first-order chi connectivity index (χ1) is 20.1. The van der Waals surface area contributed by atoms with E-state index in [1.165, 1.54) is 5.56 Å². The summed E-state index contributed by atoms with van der Waals surface area (Å²) >= 11 is 0. The first-order valence-corrected chi connectivity index (χ1v) is 14.3. The SMILES string of the molecule is CCc1ccc2[nH]c(=O)c([C@H](c3nnnn3C3CCCC3)N(Cc3ccc(OC)cc3)Cc3cccnc3)cc2c1. The topological polar surface area (TPSA) is 102 Å². The number of hydrogen-bond donors (Lipinski definition) is 1. The molecule has 0 bridgehead atoms. The zero-order valence-corrected chi connectivity index (χ0v) is 23.5. The molecule has 1 aliphatic carbocycles. The van der Waals surface area contributed by atoms with Crippen molar-refractivity contribution < 1.29 is 4.74 Å². The number of aryl methyl sites for hydroxylation is 1. The number of ether oxygens (including phenoxy) is 1. The van der Waals surface area contributed by atoms with E-state index in [-0.39, 0.29) is 11.6 Å². The summed E-state index contributed by atoms with van der Waals surface area (Å²) in [6.45, 7) is 3.25. The van der Waals surface area contributed by atoms with Crippen molar-refractivity contribution >= 4 is 10.9 Å². The van der Waals surface area contributed by atoms with Crippen LogP contribution in [0, 0.1) is 0 Å². The molecule has 0 amide bonds. The number of aromatic amines is 1. The normalized spacial score (nSPS) is 14.6. The van der Waals surface area contributed by atoms with Gasteiger partial charge in [0.1, 0.15) is 11.8 Å². The van der Waals surface area contributed by atoms with E-state index < -0.39 is 6.04 Å². The van der Waals surface area contributed by atoms with E-state index in [9.17, 15) is 4.79 Å². The molecule has 3 aromatic heterocycles. The van der Waals surface area contributed by atoms with Crippen LogP contribution in [0.2, 0.25) is 0 Å². The van der Waals surface area contributed by atoms with Gasteiger partial charge in [-0.25, -0.2) is 4.68 Å². The Morgan fingerprint density at radius 1 is 1.02 bits per heavy atom. The molecule has 9 heteroatoms. The molecule has 0 aliphatic heterocycles. The van der Waals surface area contributed by atoms with Gasteiger partial charge < -0.3 is 9.72 Å². The molecule has 1 atom stereocenters. The molecule has 1 aliphatic rings. The summed E-state index contributed by atoms with van der Waals surface area (Å²) < 4.78 is 7.36. The Labute approximate surface area is 239 Å². The summed E-state index contributed by atoms with van der Waals surface area (Å²) in [7, 11) is 1.67. The van der Waals surface area contributed by atoms with E-state index in [0.717, 1.165) is 59.9 Å². The Morgan fingerprint density at radius 3 is 2.54 bits per heavy atom. The molecule has 1 N–H and O–H groups in total. The smallest absolute Gasteiger partial charge is 0.253 e. The average molecular weight is 550 g/mol. The molecule has 5 aromatic rings. The highest BCUT2D eigenvalue weighted by molar-refractivity contribution is 5.80. The monoisotopic (exact) mass is 549 g/mol. The summed E-state index contributed by atoms with van der Waals surface area (Å²) in [4.78, 5) is 23.6. The number of nitrogens with one attached hydrogen (secondary N) is 1. The van der Waals surface area contributed by atoms with Crippen LogP contribution in [0.25, 0.3) is 10.9 Å². The highest BCUT2D eigenvalue weighted by Crippen LogP contribution is 2.35. The van der Waals surface area contributed by atoms with Crippen molar-refractivity contribution in [2.45, 2.75) is 64.2 Å². The van der Waals surface area contributed by atoms with Gasteiger partial charge in [0.2, 0.25) is 0 Å². The third-order valence-electron chi connectivity index (χ3n) is 8.09. The van der Waals surface area contributed by atoms with Crippen molar-refractivity contribution in [1.82, 2.24) is 35.1 Å². The Hall–Kier alpha value is -4.37. The van der Waals surface area contributed by atoms with E-state index in [1.807, 2.05) is 41.2 Å². The second kappa shape index (κ2) is 12.0. The molecule has 0 radical (unpaired) electrons. The molecule has 210 valence electrons. The van der Waals surface area contributed by atoms with Crippen LogP contribution < -0.4 is 10.3 Å². The number of methoxy groups -OCH3 is 1. The third-order valence-corrected chi connectivity index (χ3v) is 8.09. The van der Waals surface area contributed by atoms with Crippen LogP contribution in [-0.4, -0.2) is 42.2 Å². The first kappa shape index (κ1) is 26.8. The number of benzene rings is 2. The maximum Gasteiger partial charge on any atom is 0.253 e. The maximum atomic E-state index is 13.9. The molecule has 0 spiro atoms. The Bertz CT molecular complexity index is 1660. The Morgan fingerprint density at radius 2 is 1.80 bits per heavy atom. The maximum absolute atomic E-state index is 13.9. The summed E-state index contributed by atoms with van der Waals surface area (Å²) in [5.74, 6) is 1.48.